The van der Waals surface area contributed by atoms with E-state index in [0.717, 1.165) is 11.3 Å². The maximum Gasteiger partial charge on any atom is 0.284 e. The molecule has 2 N–H and O–H groups in total. The largest absolute Gasteiger partial charge is 0.352 e. The van der Waals surface area contributed by atoms with E-state index in [-0.39, 0.29) is 30.1 Å². The summed E-state index contributed by atoms with van der Waals surface area (Å²) in [5, 5.41) is 18.7. The summed E-state index contributed by atoms with van der Waals surface area (Å²) in [7, 11) is 0. The maximum atomic E-state index is 12.4. The Morgan fingerprint density at radius 1 is 1.19 bits per heavy atom. The molecule has 0 radical (unpaired) electrons. The molecule has 0 saturated heterocycles. The number of nitrogens with one attached hydrogen (secondary N) is 2. The average molecular weight is 458 g/mol. The van der Waals surface area contributed by atoms with Gasteiger partial charge in [0.1, 0.15) is 0 Å². The van der Waals surface area contributed by atoms with Crippen LogP contribution in [0.3, 0.4) is 0 Å². The molecule has 31 heavy (non-hydrogen) atoms. The van der Waals surface area contributed by atoms with Gasteiger partial charge in [-0.2, -0.15) is 0 Å². The van der Waals surface area contributed by atoms with Gasteiger partial charge in [-0.1, -0.05) is 11.8 Å². The summed E-state index contributed by atoms with van der Waals surface area (Å²) in [4.78, 5) is 43.8. The number of amides is 2. The first-order valence-corrected chi connectivity index (χ1v) is 10.9. The molecule has 0 aliphatic heterocycles. The molecule has 0 aliphatic rings. The van der Waals surface area contributed by atoms with E-state index in [9.17, 15) is 19.7 Å². The molecule has 3 rings (SSSR count). The first-order valence-electron chi connectivity index (χ1n) is 9.24. The summed E-state index contributed by atoms with van der Waals surface area (Å²) < 4.78 is 0.690. The van der Waals surface area contributed by atoms with Gasteiger partial charge in [0, 0.05) is 54.6 Å². The lowest BCUT2D eigenvalue weighted by Gasteiger charge is -2.08. The van der Waals surface area contributed by atoms with E-state index in [2.05, 4.69) is 20.6 Å². The molecule has 2 aromatic heterocycles. The second-order valence-electron chi connectivity index (χ2n) is 6.43. The Morgan fingerprint density at radius 3 is 2.65 bits per heavy atom. The molecule has 0 atom stereocenters. The summed E-state index contributed by atoms with van der Waals surface area (Å²) in [5.41, 5.74) is 1.76. The fourth-order valence-corrected chi connectivity index (χ4v) is 4.42. The summed E-state index contributed by atoms with van der Waals surface area (Å²) in [6.07, 6.45) is 3.38. The standard InChI is InChI=1S/C20H19N5O4S2/c1-13-12-30-20(24-13)31-17-3-2-15(10-16(17)25(28)29)19(27)22-9-6-18(26)23-11-14-4-7-21-8-5-14/h2-5,7-8,10,12H,6,9,11H2,1H3,(H,22,27)(H,23,26). The molecular formula is C20H19N5O4S2. The number of carbonyl (C=O) groups is 2. The fourth-order valence-electron chi connectivity index (χ4n) is 2.54. The van der Waals surface area contributed by atoms with Gasteiger partial charge < -0.3 is 10.6 Å². The highest BCUT2D eigenvalue weighted by Gasteiger charge is 2.19. The molecule has 11 heteroatoms. The molecule has 2 amide bonds. The van der Waals surface area contributed by atoms with Crippen molar-refractivity contribution in [3.63, 3.8) is 0 Å². The molecule has 0 bridgehead atoms. The zero-order valence-corrected chi connectivity index (χ0v) is 18.2. The Balaban J connectivity index is 1.54. The monoisotopic (exact) mass is 457 g/mol. The van der Waals surface area contributed by atoms with Crippen molar-refractivity contribution in [3.05, 3.63) is 75.0 Å². The third kappa shape index (κ3) is 6.59. The molecular weight excluding hydrogens is 438 g/mol. The Hall–Kier alpha value is -3.31. The lowest BCUT2D eigenvalue weighted by atomic mass is 10.2. The second kappa shape index (κ2) is 10.6. The highest BCUT2D eigenvalue weighted by atomic mass is 32.2. The highest BCUT2D eigenvalue weighted by Crippen LogP contribution is 2.36. The number of aryl methyl sites for hydroxylation is 1. The zero-order chi connectivity index (χ0) is 22.2. The van der Waals surface area contributed by atoms with Crippen LogP contribution >= 0.6 is 23.1 Å². The fraction of sp³-hybridized carbons (Fsp3) is 0.200. The lowest BCUT2D eigenvalue weighted by molar-refractivity contribution is -0.387. The van der Waals surface area contributed by atoms with E-state index in [4.69, 9.17) is 0 Å². The van der Waals surface area contributed by atoms with Crippen LogP contribution in [0.5, 0.6) is 0 Å². The molecule has 2 heterocycles. The van der Waals surface area contributed by atoms with Gasteiger partial charge in [0.25, 0.3) is 11.6 Å². The van der Waals surface area contributed by atoms with Crippen LogP contribution in [0.15, 0.2) is 57.3 Å². The van der Waals surface area contributed by atoms with Gasteiger partial charge in [-0.3, -0.25) is 24.7 Å². The van der Waals surface area contributed by atoms with Crippen LogP contribution in [0.2, 0.25) is 0 Å². The van der Waals surface area contributed by atoms with Crippen LogP contribution in [0.4, 0.5) is 5.69 Å². The first kappa shape index (κ1) is 22.4. The minimum atomic E-state index is -0.522. The summed E-state index contributed by atoms with van der Waals surface area (Å²) in [5.74, 6) is -0.694. The number of nitro groups is 1. The third-order valence-corrected chi connectivity index (χ3v) is 6.21. The van der Waals surface area contributed by atoms with E-state index in [0.29, 0.717) is 15.8 Å². The van der Waals surface area contributed by atoms with E-state index in [1.165, 1.54) is 41.3 Å². The van der Waals surface area contributed by atoms with Crippen molar-refractivity contribution in [1.82, 2.24) is 20.6 Å². The number of rotatable bonds is 9. The van der Waals surface area contributed by atoms with Gasteiger partial charge in [-0.05, 0) is 36.8 Å². The van der Waals surface area contributed by atoms with Crippen molar-refractivity contribution in [2.75, 3.05) is 6.54 Å². The number of thiazole rings is 1. The molecule has 160 valence electrons. The summed E-state index contributed by atoms with van der Waals surface area (Å²) >= 11 is 2.59. The number of hydrogen-bond donors (Lipinski definition) is 2. The highest BCUT2D eigenvalue weighted by molar-refractivity contribution is 8.01. The van der Waals surface area contributed by atoms with Crippen molar-refractivity contribution in [1.29, 1.82) is 0 Å². The van der Waals surface area contributed by atoms with Gasteiger partial charge in [0.05, 0.1) is 9.82 Å². The average Bonchev–Trinajstić information content (AvgIpc) is 3.17. The molecule has 0 unspecified atom stereocenters. The van der Waals surface area contributed by atoms with Crippen molar-refractivity contribution in [2.45, 2.75) is 29.1 Å². The van der Waals surface area contributed by atoms with Crippen LogP contribution < -0.4 is 10.6 Å². The van der Waals surface area contributed by atoms with E-state index in [1.54, 1.807) is 24.5 Å². The van der Waals surface area contributed by atoms with E-state index >= 15 is 0 Å². The second-order valence-corrected chi connectivity index (χ2v) is 8.58. The Kier molecular flexibility index (Phi) is 7.68. The lowest BCUT2D eigenvalue weighted by Crippen LogP contribution is -2.30. The number of nitrogens with zero attached hydrogens (tertiary/aromatic N) is 3. The van der Waals surface area contributed by atoms with Gasteiger partial charge in [-0.15, -0.1) is 11.3 Å². The predicted octanol–water partition coefficient (Wildman–Crippen LogP) is 3.34. The van der Waals surface area contributed by atoms with Crippen LogP contribution in [-0.2, 0) is 11.3 Å². The Labute approximate surface area is 186 Å². The summed E-state index contributed by atoms with van der Waals surface area (Å²) in [6.45, 7) is 2.34. The van der Waals surface area contributed by atoms with E-state index < -0.39 is 10.8 Å². The number of carbonyl (C=O) groups excluding carboxylic acids is 2. The van der Waals surface area contributed by atoms with Crippen molar-refractivity contribution < 1.29 is 14.5 Å². The van der Waals surface area contributed by atoms with Crippen molar-refractivity contribution in [2.24, 2.45) is 0 Å². The number of aromatic nitrogens is 2. The van der Waals surface area contributed by atoms with Crippen LogP contribution in [0, 0.1) is 17.0 Å². The minimum Gasteiger partial charge on any atom is -0.352 e. The molecule has 0 saturated carbocycles. The van der Waals surface area contributed by atoms with Crippen LogP contribution in [-0.4, -0.2) is 33.3 Å². The number of nitro benzene ring substituents is 1. The minimum absolute atomic E-state index is 0.0935. The molecule has 0 aliphatic carbocycles. The molecule has 9 nitrogen and oxygen atoms in total. The van der Waals surface area contributed by atoms with Gasteiger partial charge >= 0.3 is 0 Å². The van der Waals surface area contributed by atoms with Gasteiger partial charge in [-0.25, -0.2) is 4.98 Å². The molecule has 0 fully saturated rings. The number of pyridine rings is 1. The SMILES string of the molecule is Cc1csc(Sc2ccc(C(=O)NCCC(=O)NCc3ccncc3)cc2[N+](=O)[O-])n1. The van der Waals surface area contributed by atoms with Crippen LogP contribution in [0.25, 0.3) is 0 Å². The van der Waals surface area contributed by atoms with Crippen molar-refractivity contribution in [3.8, 4) is 0 Å². The zero-order valence-electron chi connectivity index (χ0n) is 16.5. The first-order chi connectivity index (χ1) is 14.9. The normalized spacial score (nSPS) is 10.5. The van der Waals surface area contributed by atoms with Crippen molar-refractivity contribution >= 4 is 40.6 Å². The molecule has 0 spiro atoms. The predicted molar refractivity (Wildman–Crippen MR) is 117 cm³/mol. The quantitative estimate of drug-likeness (QED) is 0.373. The topological polar surface area (TPSA) is 127 Å². The number of benzene rings is 1. The van der Waals surface area contributed by atoms with Gasteiger partial charge in [0.15, 0.2) is 4.34 Å². The summed E-state index contributed by atoms with van der Waals surface area (Å²) in [6, 6.07) is 7.89. The maximum absolute atomic E-state index is 12.4. The Morgan fingerprint density at radius 2 is 1.97 bits per heavy atom. The molecule has 3 aromatic rings. The number of hydrogen-bond acceptors (Lipinski definition) is 8. The Bertz CT molecular complexity index is 1090. The third-order valence-electron chi connectivity index (χ3n) is 4.09. The molecule has 1 aromatic carbocycles. The van der Waals surface area contributed by atoms with Crippen LogP contribution in [0.1, 0.15) is 28.0 Å². The van der Waals surface area contributed by atoms with Gasteiger partial charge in [0.2, 0.25) is 5.91 Å². The smallest absolute Gasteiger partial charge is 0.284 e. The van der Waals surface area contributed by atoms with E-state index in [1.807, 2.05) is 12.3 Å².